The van der Waals surface area contributed by atoms with E-state index < -0.39 is 5.97 Å². The lowest BCUT2D eigenvalue weighted by Crippen LogP contribution is -2.11. The SMILES string of the molecule is C=COC(=O)C(N)=Cc1ccccc1. The summed E-state index contributed by atoms with van der Waals surface area (Å²) in [5.41, 5.74) is 6.38. The van der Waals surface area contributed by atoms with Gasteiger partial charge in [-0.1, -0.05) is 36.9 Å². The quantitative estimate of drug-likeness (QED) is 0.447. The van der Waals surface area contributed by atoms with Crippen LogP contribution in [0.1, 0.15) is 5.56 Å². The third-order valence-electron chi connectivity index (χ3n) is 1.55. The van der Waals surface area contributed by atoms with E-state index in [4.69, 9.17) is 5.73 Å². The zero-order chi connectivity index (χ0) is 10.4. The van der Waals surface area contributed by atoms with E-state index in [0.29, 0.717) is 0 Å². The third-order valence-corrected chi connectivity index (χ3v) is 1.55. The number of nitrogens with two attached hydrogens (primary N) is 1. The Bertz CT molecular complexity index is 355. The van der Waals surface area contributed by atoms with Crippen LogP contribution in [0, 0.1) is 0 Å². The minimum atomic E-state index is -0.594. The van der Waals surface area contributed by atoms with Crippen molar-refractivity contribution in [2.45, 2.75) is 0 Å². The Labute approximate surface area is 82.5 Å². The van der Waals surface area contributed by atoms with E-state index in [9.17, 15) is 4.79 Å². The zero-order valence-corrected chi connectivity index (χ0v) is 7.64. The molecule has 0 amide bonds. The van der Waals surface area contributed by atoms with Crippen LogP contribution in [0.4, 0.5) is 0 Å². The summed E-state index contributed by atoms with van der Waals surface area (Å²) in [6.45, 7) is 3.26. The number of rotatable bonds is 3. The van der Waals surface area contributed by atoms with Gasteiger partial charge in [-0.05, 0) is 11.6 Å². The molecular formula is C11H11NO2. The summed E-state index contributed by atoms with van der Waals surface area (Å²) in [6.07, 6.45) is 2.60. The molecule has 3 nitrogen and oxygen atoms in total. The third kappa shape index (κ3) is 2.79. The van der Waals surface area contributed by atoms with Crippen molar-refractivity contribution in [3.8, 4) is 0 Å². The fraction of sp³-hybridized carbons (Fsp3) is 0. The normalized spacial score (nSPS) is 10.7. The molecule has 14 heavy (non-hydrogen) atoms. The van der Waals surface area contributed by atoms with E-state index in [1.165, 1.54) is 0 Å². The summed E-state index contributed by atoms with van der Waals surface area (Å²) >= 11 is 0. The molecule has 0 aliphatic carbocycles. The van der Waals surface area contributed by atoms with Gasteiger partial charge in [0.05, 0.1) is 6.26 Å². The summed E-state index contributed by atoms with van der Waals surface area (Å²) in [5, 5.41) is 0. The maximum atomic E-state index is 11.1. The molecule has 0 saturated carbocycles. The molecule has 2 N–H and O–H groups in total. The van der Waals surface area contributed by atoms with Crippen LogP contribution in [0.5, 0.6) is 0 Å². The second-order valence-corrected chi connectivity index (χ2v) is 2.58. The van der Waals surface area contributed by atoms with Crippen molar-refractivity contribution in [1.82, 2.24) is 0 Å². The van der Waals surface area contributed by atoms with Crippen LogP contribution < -0.4 is 5.73 Å². The molecule has 0 heterocycles. The molecule has 1 rings (SSSR count). The summed E-state index contributed by atoms with van der Waals surface area (Å²) in [5.74, 6) is -0.594. The van der Waals surface area contributed by atoms with E-state index in [2.05, 4.69) is 11.3 Å². The molecule has 0 saturated heterocycles. The highest BCUT2D eigenvalue weighted by atomic mass is 16.5. The first-order valence-corrected chi connectivity index (χ1v) is 4.08. The maximum Gasteiger partial charge on any atom is 0.358 e. The molecule has 0 fully saturated rings. The minimum Gasteiger partial charge on any atom is -0.430 e. The standard InChI is InChI=1S/C11H11NO2/c1-2-14-11(13)10(12)8-9-6-4-3-5-7-9/h2-8H,1,12H2. The van der Waals surface area contributed by atoms with Crippen molar-refractivity contribution in [3.63, 3.8) is 0 Å². The fourth-order valence-electron chi connectivity index (χ4n) is 0.931. The molecular weight excluding hydrogens is 178 g/mol. The van der Waals surface area contributed by atoms with Gasteiger partial charge in [-0.25, -0.2) is 4.79 Å². The highest BCUT2D eigenvalue weighted by molar-refractivity contribution is 5.92. The second-order valence-electron chi connectivity index (χ2n) is 2.58. The summed E-state index contributed by atoms with van der Waals surface area (Å²) in [6, 6.07) is 9.29. The van der Waals surface area contributed by atoms with Crippen LogP contribution in [0.3, 0.4) is 0 Å². The fourth-order valence-corrected chi connectivity index (χ4v) is 0.931. The van der Waals surface area contributed by atoms with E-state index in [1.807, 2.05) is 30.3 Å². The Kier molecular flexibility index (Phi) is 3.49. The molecule has 72 valence electrons. The van der Waals surface area contributed by atoms with Gasteiger partial charge in [-0.15, -0.1) is 0 Å². The van der Waals surface area contributed by atoms with E-state index in [-0.39, 0.29) is 5.70 Å². The average Bonchev–Trinajstić information content (AvgIpc) is 2.19. The number of hydrogen-bond acceptors (Lipinski definition) is 3. The zero-order valence-electron chi connectivity index (χ0n) is 7.64. The Morgan fingerprint density at radius 2 is 2.00 bits per heavy atom. The Balaban J connectivity index is 2.78. The van der Waals surface area contributed by atoms with Crippen molar-refractivity contribution in [3.05, 3.63) is 54.4 Å². The number of hydrogen-bond donors (Lipinski definition) is 1. The molecule has 0 atom stereocenters. The second kappa shape index (κ2) is 4.87. The molecule has 1 aromatic carbocycles. The van der Waals surface area contributed by atoms with Crippen LogP contribution in [0.25, 0.3) is 6.08 Å². The smallest absolute Gasteiger partial charge is 0.358 e. The molecule has 0 spiro atoms. The summed E-state index contributed by atoms with van der Waals surface area (Å²) in [7, 11) is 0. The van der Waals surface area contributed by atoms with Crippen molar-refractivity contribution in [2.24, 2.45) is 5.73 Å². The number of carbonyl (C=O) groups is 1. The van der Waals surface area contributed by atoms with Crippen LogP contribution in [0.2, 0.25) is 0 Å². The number of benzene rings is 1. The van der Waals surface area contributed by atoms with Gasteiger partial charge in [0.25, 0.3) is 0 Å². The van der Waals surface area contributed by atoms with Crippen molar-refractivity contribution in [1.29, 1.82) is 0 Å². The number of esters is 1. The maximum absolute atomic E-state index is 11.1. The molecule has 0 bridgehead atoms. The first-order chi connectivity index (χ1) is 6.74. The minimum absolute atomic E-state index is 0.0519. The average molecular weight is 189 g/mol. The topological polar surface area (TPSA) is 52.3 Å². The Morgan fingerprint density at radius 3 is 2.57 bits per heavy atom. The van der Waals surface area contributed by atoms with E-state index >= 15 is 0 Å². The van der Waals surface area contributed by atoms with E-state index in [1.54, 1.807) is 6.08 Å². The van der Waals surface area contributed by atoms with Gasteiger partial charge in [0.1, 0.15) is 5.70 Å². The number of carbonyl (C=O) groups excluding carboxylic acids is 1. The summed E-state index contributed by atoms with van der Waals surface area (Å²) in [4.78, 5) is 11.1. The van der Waals surface area contributed by atoms with Crippen molar-refractivity contribution < 1.29 is 9.53 Å². The van der Waals surface area contributed by atoms with Gasteiger partial charge in [-0.2, -0.15) is 0 Å². The van der Waals surface area contributed by atoms with Gasteiger partial charge in [-0.3, -0.25) is 0 Å². The van der Waals surface area contributed by atoms with Crippen LogP contribution in [-0.2, 0) is 9.53 Å². The molecule has 0 radical (unpaired) electrons. The monoisotopic (exact) mass is 189 g/mol. The molecule has 0 unspecified atom stereocenters. The molecule has 0 aliphatic rings. The van der Waals surface area contributed by atoms with Gasteiger partial charge >= 0.3 is 5.97 Å². The summed E-state index contributed by atoms with van der Waals surface area (Å²) < 4.78 is 4.51. The van der Waals surface area contributed by atoms with Gasteiger partial charge < -0.3 is 10.5 Å². The Morgan fingerprint density at radius 1 is 1.36 bits per heavy atom. The number of ether oxygens (including phenoxy) is 1. The lowest BCUT2D eigenvalue weighted by molar-refractivity contribution is -0.133. The first-order valence-electron chi connectivity index (χ1n) is 4.08. The van der Waals surface area contributed by atoms with Crippen LogP contribution in [0.15, 0.2) is 48.9 Å². The first kappa shape index (κ1) is 10.1. The molecule has 0 aliphatic heterocycles. The highest BCUT2D eigenvalue weighted by Crippen LogP contribution is 2.04. The predicted molar refractivity (Wildman–Crippen MR) is 54.9 cm³/mol. The van der Waals surface area contributed by atoms with Gasteiger partial charge in [0, 0.05) is 0 Å². The molecule has 1 aromatic rings. The van der Waals surface area contributed by atoms with Gasteiger partial charge in [0.2, 0.25) is 0 Å². The van der Waals surface area contributed by atoms with Crippen molar-refractivity contribution >= 4 is 12.0 Å². The van der Waals surface area contributed by atoms with Crippen LogP contribution in [-0.4, -0.2) is 5.97 Å². The highest BCUT2D eigenvalue weighted by Gasteiger charge is 2.03. The van der Waals surface area contributed by atoms with E-state index in [0.717, 1.165) is 11.8 Å². The van der Waals surface area contributed by atoms with Gasteiger partial charge in [0.15, 0.2) is 0 Å². The van der Waals surface area contributed by atoms with Crippen LogP contribution >= 0.6 is 0 Å². The lowest BCUT2D eigenvalue weighted by atomic mass is 10.2. The predicted octanol–water partition coefficient (Wildman–Crippen LogP) is 1.67. The molecule has 3 heteroatoms. The largest absolute Gasteiger partial charge is 0.430 e. The Hall–Kier alpha value is -2.03. The lowest BCUT2D eigenvalue weighted by Gasteiger charge is -1.98. The molecule has 0 aromatic heterocycles. The van der Waals surface area contributed by atoms with Crippen molar-refractivity contribution in [2.75, 3.05) is 0 Å².